The Morgan fingerprint density at radius 2 is 1.79 bits per heavy atom. The molecule has 0 radical (unpaired) electrons. The molecule has 6 nitrogen and oxygen atoms in total. The molecule has 0 amide bonds. The second-order valence-electron chi connectivity index (χ2n) is 6.23. The van der Waals surface area contributed by atoms with Gasteiger partial charge in [0.25, 0.3) is 0 Å². The largest absolute Gasteiger partial charge is 0.388 e. The van der Waals surface area contributed by atoms with Crippen molar-refractivity contribution in [3.63, 3.8) is 0 Å². The zero-order valence-corrected chi connectivity index (χ0v) is 16.0. The molecule has 0 saturated heterocycles. The summed E-state index contributed by atoms with van der Waals surface area (Å²) in [5, 5.41) is 19.2. The van der Waals surface area contributed by atoms with Gasteiger partial charge in [0.15, 0.2) is 16.8 Å². The van der Waals surface area contributed by atoms with Crippen molar-refractivity contribution >= 4 is 28.3 Å². The highest BCUT2D eigenvalue weighted by Crippen LogP contribution is 2.33. The number of halogens is 2. The fraction of sp³-hybridized carbons (Fsp3) is 0.100. The molecule has 0 spiro atoms. The summed E-state index contributed by atoms with van der Waals surface area (Å²) in [6, 6.07) is 11.4. The van der Waals surface area contributed by atoms with E-state index in [1.165, 1.54) is 0 Å². The van der Waals surface area contributed by atoms with Crippen molar-refractivity contribution in [3.05, 3.63) is 65.9 Å². The molecular weight excluding hydrogens is 398 g/mol. The minimum absolute atomic E-state index is 0.231. The molecule has 0 bridgehead atoms. The van der Waals surface area contributed by atoms with Gasteiger partial charge in [-0.2, -0.15) is 0 Å². The average molecular weight is 412 g/mol. The standard InChI is InChI=1S/C20H14F2N4O2S/c1-26-19(16-8-11-4-2-3-5-12(11)9-23-16)24-25-20(26)29-18-14(21)6-13(7-15(18)22)17(28)10-27/h2-9,27H,10H2,1H3. The third-order valence-electron chi connectivity index (χ3n) is 4.35. The Bertz CT molecular complexity index is 1220. The van der Waals surface area contributed by atoms with Gasteiger partial charge in [-0.1, -0.05) is 24.3 Å². The van der Waals surface area contributed by atoms with Gasteiger partial charge in [0.1, 0.15) is 23.9 Å². The number of carbonyl (C=O) groups excluding carboxylic acids is 1. The summed E-state index contributed by atoms with van der Waals surface area (Å²) in [4.78, 5) is 15.6. The van der Waals surface area contributed by atoms with Crippen LogP contribution in [-0.4, -0.2) is 37.2 Å². The van der Waals surface area contributed by atoms with E-state index in [-0.39, 0.29) is 15.6 Å². The van der Waals surface area contributed by atoms with E-state index in [1.54, 1.807) is 17.8 Å². The summed E-state index contributed by atoms with van der Waals surface area (Å²) < 4.78 is 30.3. The number of rotatable bonds is 5. The molecule has 0 unspecified atom stereocenters. The molecule has 0 aliphatic carbocycles. The lowest BCUT2D eigenvalue weighted by atomic mass is 10.1. The fourth-order valence-corrected chi connectivity index (χ4v) is 3.63. The number of aromatic nitrogens is 4. The SMILES string of the molecule is Cn1c(Sc2c(F)cc(C(=O)CO)cc2F)nnc1-c1cc2ccccc2cn1. The van der Waals surface area contributed by atoms with Crippen LogP contribution in [0.15, 0.2) is 58.7 Å². The summed E-state index contributed by atoms with van der Waals surface area (Å²) in [5.74, 6) is -2.14. The monoisotopic (exact) mass is 412 g/mol. The first-order valence-corrected chi connectivity index (χ1v) is 9.35. The highest BCUT2D eigenvalue weighted by Gasteiger charge is 2.20. The van der Waals surface area contributed by atoms with E-state index in [0.717, 1.165) is 34.7 Å². The van der Waals surface area contributed by atoms with Crippen LogP contribution in [0.5, 0.6) is 0 Å². The lowest BCUT2D eigenvalue weighted by Crippen LogP contribution is -2.06. The van der Waals surface area contributed by atoms with E-state index >= 15 is 0 Å². The molecule has 4 aromatic rings. The zero-order chi connectivity index (χ0) is 20.5. The lowest BCUT2D eigenvalue weighted by Gasteiger charge is -2.07. The normalized spacial score (nSPS) is 11.2. The smallest absolute Gasteiger partial charge is 0.196 e. The zero-order valence-electron chi connectivity index (χ0n) is 15.1. The number of carbonyl (C=O) groups is 1. The molecule has 2 aromatic carbocycles. The second kappa shape index (κ2) is 7.69. The highest BCUT2D eigenvalue weighted by molar-refractivity contribution is 7.99. The topological polar surface area (TPSA) is 80.9 Å². The molecule has 146 valence electrons. The molecule has 9 heteroatoms. The van der Waals surface area contributed by atoms with Crippen LogP contribution in [0, 0.1) is 11.6 Å². The lowest BCUT2D eigenvalue weighted by molar-refractivity contribution is 0.0902. The summed E-state index contributed by atoms with van der Waals surface area (Å²) in [6.07, 6.45) is 1.72. The van der Waals surface area contributed by atoms with Crippen LogP contribution in [0.4, 0.5) is 8.78 Å². The van der Waals surface area contributed by atoms with Gasteiger partial charge in [-0.05, 0) is 35.3 Å². The number of fused-ring (bicyclic) bond motifs is 1. The van der Waals surface area contributed by atoms with E-state index in [2.05, 4.69) is 15.2 Å². The molecule has 4 rings (SSSR count). The first-order valence-electron chi connectivity index (χ1n) is 8.53. The van der Waals surface area contributed by atoms with Crippen LogP contribution < -0.4 is 0 Å². The van der Waals surface area contributed by atoms with Gasteiger partial charge >= 0.3 is 0 Å². The van der Waals surface area contributed by atoms with Gasteiger partial charge < -0.3 is 9.67 Å². The molecule has 2 heterocycles. The van der Waals surface area contributed by atoms with Crippen molar-refractivity contribution in [3.8, 4) is 11.5 Å². The number of aliphatic hydroxyl groups excluding tert-OH is 1. The van der Waals surface area contributed by atoms with E-state index in [9.17, 15) is 13.6 Å². The number of benzene rings is 2. The van der Waals surface area contributed by atoms with E-state index in [0.29, 0.717) is 11.5 Å². The molecule has 0 atom stereocenters. The minimum atomic E-state index is -0.916. The Morgan fingerprint density at radius 1 is 1.10 bits per heavy atom. The van der Waals surface area contributed by atoms with Crippen LogP contribution in [0.1, 0.15) is 10.4 Å². The molecule has 29 heavy (non-hydrogen) atoms. The van der Waals surface area contributed by atoms with Gasteiger partial charge in [0.2, 0.25) is 0 Å². The Balaban J connectivity index is 1.68. The van der Waals surface area contributed by atoms with Crippen LogP contribution in [0.3, 0.4) is 0 Å². The van der Waals surface area contributed by atoms with Gasteiger partial charge in [-0.15, -0.1) is 10.2 Å². The van der Waals surface area contributed by atoms with Crippen molar-refractivity contribution in [2.75, 3.05) is 6.61 Å². The van der Waals surface area contributed by atoms with E-state index in [1.807, 2.05) is 30.3 Å². The Kier molecular flexibility index (Phi) is 5.08. The molecule has 0 aliphatic heterocycles. The van der Waals surface area contributed by atoms with Crippen LogP contribution >= 0.6 is 11.8 Å². The van der Waals surface area contributed by atoms with Crippen molar-refractivity contribution in [2.24, 2.45) is 7.05 Å². The number of nitrogens with zero attached hydrogens (tertiary/aromatic N) is 4. The Morgan fingerprint density at radius 3 is 2.48 bits per heavy atom. The third kappa shape index (κ3) is 3.62. The maximum Gasteiger partial charge on any atom is 0.196 e. The van der Waals surface area contributed by atoms with Gasteiger partial charge in [-0.25, -0.2) is 8.78 Å². The number of hydrogen-bond acceptors (Lipinski definition) is 6. The number of pyridine rings is 1. The third-order valence-corrected chi connectivity index (χ3v) is 5.48. The first kappa shape index (κ1) is 19.2. The molecule has 0 aliphatic rings. The Hall–Kier alpha value is -3.17. The second-order valence-corrected chi connectivity index (χ2v) is 7.21. The maximum atomic E-state index is 14.4. The summed E-state index contributed by atoms with van der Waals surface area (Å²) in [5.41, 5.74) is 0.348. The molecule has 1 N–H and O–H groups in total. The van der Waals surface area contributed by atoms with Crippen molar-refractivity contribution in [1.82, 2.24) is 19.7 Å². The number of Topliss-reactive ketones (excluding diaryl/α,β-unsaturated/α-hetero) is 1. The predicted molar refractivity (Wildman–Crippen MR) is 104 cm³/mol. The first-order chi connectivity index (χ1) is 14.0. The van der Waals surface area contributed by atoms with Crippen molar-refractivity contribution < 1.29 is 18.7 Å². The predicted octanol–water partition coefficient (Wildman–Crippen LogP) is 3.63. The molecular formula is C20H14F2N4O2S. The highest BCUT2D eigenvalue weighted by atomic mass is 32.2. The average Bonchev–Trinajstić information content (AvgIpc) is 3.09. The fourth-order valence-electron chi connectivity index (χ4n) is 2.83. The van der Waals surface area contributed by atoms with E-state index in [4.69, 9.17) is 5.11 Å². The Labute approximate surface area is 168 Å². The van der Waals surface area contributed by atoms with Crippen LogP contribution in [0.25, 0.3) is 22.3 Å². The molecule has 0 saturated carbocycles. The number of ketones is 1. The van der Waals surface area contributed by atoms with Crippen LogP contribution in [-0.2, 0) is 7.05 Å². The maximum absolute atomic E-state index is 14.4. The summed E-state index contributed by atoms with van der Waals surface area (Å²) in [7, 11) is 1.67. The number of hydrogen-bond donors (Lipinski definition) is 1. The summed E-state index contributed by atoms with van der Waals surface area (Å²) in [6.45, 7) is -0.823. The van der Waals surface area contributed by atoms with E-state index < -0.39 is 24.0 Å². The van der Waals surface area contributed by atoms with Gasteiger partial charge in [0.05, 0.1) is 4.90 Å². The van der Waals surface area contributed by atoms with Gasteiger partial charge in [0, 0.05) is 24.2 Å². The van der Waals surface area contributed by atoms with Gasteiger partial charge in [-0.3, -0.25) is 9.78 Å². The summed E-state index contributed by atoms with van der Waals surface area (Å²) >= 11 is 0.752. The number of aliphatic hydroxyl groups is 1. The van der Waals surface area contributed by atoms with Crippen molar-refractivity contribution in [1.29, 1.82) is 0 Å². The molecule has 0 fully saturated rings. The van der Waals surface area contributed by atoms with Crippen LogP contribution in [0.2, 0.25) is 0 Å². The minimum Gasteiger partial charge on any atom is -0.388 e. The quantitative estimate of drug-likeness (QED) is 0.504. The van der Waals surface area contributed by atoms with Crippen molar-refractivity contribution in [2.45, 2.75) is 10.1 Å². The molecule has 2 aromatic heterocycles.